The molecule has 0 radical (unpaired) electrons. The number of carboxylic acid groups (broad SMARTS) is 1. The van der Waals surface area contributed by atoms with E-state index in [1.807, 2.05) is 0 Å². The van der Waals surface area contributed by atoms with E-state index in [-0.39, 0.29) is 12.1 Å². The quantitative estimate of drug-likeness (QED) is 0.777. The van der Waals surface area contributed by atoms with E-state index in [0.717, 1.165) is 0 Å². The van der Waals surface area contributed by atoms with Crippen molar-refractivity contribution in [2.45, 2.75) is 6.42 Å². The molecule has 0 fully saturated rings. The maximum atomic E-state index is 11.3. The van der Waals surface area contributed by atoms with Gasteiger partial charge in [0.1, 0.15) is 0 Å². The molecule has 0 saturated heterocycles. The van der Waals surface area contributed by atoms with Gasteiger partial charge in [0.15, 0.2) is 5.69 Å². The molecule has 16 heavy (non-hydrogen) atoms. The van der Waals surface area contributed by atoms with Crippen LogP contribution in [0.4, 0.5) is 0 Å². The van der Waals surface area contributed by atoms with Gasteiger partial charge in [-0.2, -0.15) is 0 Å². The highest BCUT2D eigenvalue weighted by molar-refractivity contribution is 5.91. The highest BCUT2D eigenvalue weighted by Crippen LogP contribution is 2.09. The Hall–Kier alpha value is -2.17. The highest BCUT2D eigenvalue weighted by atomic mass is 16.5. The second kappa shape index (κ2) is 5.65. The first-order valence-electron chi connectivity index (χ1n) is 4.57. The van der Waals surface area contributed by atoms with Gasteiger partial charge in [0.2, 0.25) is 0 Å². The van der Waals surface area contributed by atoms with Crippen molar-refractivity contribution in [3.63, 3.8) is 0 Å². The third-order valence-electron chi connectivity index (χ3n) is 1.81. The molecule has 0 saturated carbocycles. The summed E-state index contributed by atoms with van der Waals surface area (Å²) in [5, 5.41) is 8.46. The van der Waals surface area contributed by atoms with Crippen LogP contribution in [0.5, 0.6) is 0 Å². The summed E-state index contributed by atoms with van der Waals surface area (Å²) >= 11 is 0. The van der Waals surface area contributed by atoms with E-state index < -0.39 is 11.9 Å². The van der Waals surface area contributed by atoms with Crippen LogP contribution in [0.15, 0.2) is 24.4 Å². The van der Waals surface area contributed by atoms with E-state index in [1.165, 1.54) is 25.5 Å². The number of aliphatic carboxylic acids is 1. The fraction of sp³-hybridized carbons (Fsp3) is 0.182. The average molecular weight is 221 g/mol. The molecule has 0 aliphatic carbocycles. The lowest BCUT2D eigenvalue weighted by molar-refractivity contribution is -0.135. The van der Waals surface area contributed by atoms with Crippen LogP contribution in [-0.2, 0) is 9.53 Å². The number of rotatable bonds is 4. The summed E-state index contributed by atoms with van der Waals surface area (Å²) in [7, 11) is 1.27. The predicted octanol–water partition coefficient (Wildman–Crippen LogP) is 1.36. The first-order chi connectivity index (χ1) is 7.65. The number of pyridine rings is 1. The number of aromatic nitrogens is 1. The lowest BCUT2D eigenvalue weighted by Crippen LogP contribution is -2.06. The fourth-order valence-electron chi connectivity index (χ4n) is 1.11. The number of carbonyl (C=O) groups is 2. The zero-order valence-electron chi connectivity index (χ0n) is 8.71. The summed E-state index contributed by atoms with van der Waals surface area (Å²) in [5.41, 5.74) is 0.710. The molecule has 5 nitrogen and oxygen atoms in total. The Balaban J connectivity index is 2.91. The summed E-state index contributed by atoms with van der Waals surface area (Å²) < 4.78 is 4.55. The highest BCUT2D eigenvalue weighted by Gasteiger charge is 2.10. The van der Waals surface area contributed by atoms with Gasteiger partial charge < -0.3 is 9.84 Å². The number of hydrogen-bond acceptors (Lipinski definition) is 4. The average Bonchev–Trinajstić information content (AvgIpc) is 2.28. The van der Waals surface area contributed by atoms with E-state index in [9.17, 15) is 9.59 Å². The van der Waals surface area contributed by atoms with Crippen LogP contribution < -0.4 is 0 Å². The van der Waals surface area contributed by atoms with Crippen molar-refractivity contribution < 1.29 is 19.4 Å². The number of esters is 1. The molecule has 1 heterocycles. The largest absolute Gasteiger partial charge is 0.481 e. The summed E-state index contributed by atoms with van der Waals surface area (Å²) in [6.45, 7) is 0. The summed E-state index contributed by atoms with van der Waals surface area (Å²) in [6, 6.07) is 3.32. The normalized spacial score (nSPS) is 10.3. The van der Waals surface area contributed by atoms with Crippen LogP contribution in [-0.4, -0.2) is 29.1 Å². The molecular weight excluding hydrogens is 210 g/mol. The van der Waals surface area contributed by atoms with Crippen LogP contribution in [0.2, 0.25) is 0 Å². The standard InChI is InChI=1S/C11H11NO4/c1-16-11(15)10-8(5-3-7-12-10)4-2-6-9(13)14/h2-5,7H,6H2,1H3,(H,13,14). The van der Waals surface area contributed by atoms with Gasteiger partial charge in [-0.25, -0.2) is 9.78 Å². The number of nitrogens with zero attached hydrogens (tertiary/aromatic N) is 1. The van der Waals surface area contributed by atoms with Gasteiger partial charge in [0.05, 0.1) is 13.5 Å². The van der Waals surface area contributed by atoms with Crippen molar-refractivity contribution in [3.05, 3.63) is 35.7 Å². The number of carbonyl (C=O) groups excluding carboxylic acids is 1. The zero-order valence-corrected chi connectivity index (χ0v) is 8.71. The van der Waals surface area contributed by atoms with Crippen LogP contribution in [0.25, 0.3) is 6.08 Å². The van der Waals surface area contributed by atoms with E-state index in [1.54, 1.807) is 12.1 Å². The fourth-order valence-corrected chi connectivity index (χ4v) is 1.11. The first kappa shape index (κ1) is 11.9. The number of methoxy groups -OCH3 is 1. The zero-order chi connectivity index (χ0) is 12.0. The van der Waals surface area contributed by atoms with Crippen LogP contribution in [0, 0.1) is 0 Å². The minimum Gasteiger partial charge on any atom is -0.481 e. The van der Waals surface area contributed by atoms with E-state index in [0.29, 0.717) is 5.56 Å². The minimum absolute atomic E-state index is 0.102. The second-order valence-electron chi connectivity index (χ2n) is 2.93. The Kier molecular flexibility index (Phi) is 4.20. The van der Waals surface area contributed by atoms with E-state index in [4.69, 9.17) is 5.11 Å². The number of hydrogen-bond donors (Lipinski definition) is 1. The van der Waals surface area contributed by atoms with Gasteiger partial charge in [-0.05, 0) is 6.07 Å². The molecule has 0 aromatic carbocycles. The monoisotopic (exact) mass is 221 g/mol. The molecule has 0 bridgehead atoms. The smallest absolute Gasteiger partial charge is 0.357 e. The maximum Gasteiger partial charge on any atom is 0.357 e. The summed E-state index contributed by atoms with van der Waals surface area (Å²) in [4.78, 5) is 25.5. The van der Waals surface area contributed by atoms with Crippen molar-refractivity contribution in [1.82, 2.24) is 4.98 Å². The van der Waals surface area contributed by atoms with Crippen molar-refractivity contribution >= 4 is 18.0 Å². The Morgan fingerprint density at radius 3 is 2.94 bits per heavy atom. The second-order valence-corrected chi connectivity index (χ2v) is 2.93. The van der Waals surface area contributed by atoms with Crippen LogP contribution in [0.3, 0.4) is 0 Å². The van der Waals surface area contributed by atoms with Gasteiger partial charge in [0.25, 0.3) is 0 Å². The van der Waals surface area contributed by atoms with Gasteiger partial charge in [-0.15, -0.1) is 0 Å². The molecule has 5 heteroatoms. The summed E-state index contributed by atoms with van der Waals surface area (Å²) in [5.74, 6) is -1.48. The molecular formula is C11H11NO4. The summed E-state index contributed by atoms with van der Waals surface area (Å²) in [6.07, 6.45) is 4.36. The number of ether oxygens (including phenoxy) is 1. The molecule has 0 unspecified atom stereocenters. The molecule has 0 spiro atoms. The van der Waals surface area contributed by atoms with Crippen molar-refractivity contribution in [2.24, 2.45) is 0 Å². The van der Waals surface area contributed by atoms with Gasteiger partial charge >= 0.3 is 11.9 Å². The third kappa shape index (κ3) is 3.20. The molecule has 1 rings (SSSR count). The van der Waals surface area contributed by atoms with E-state index >= 15 is 0 Å². The predicted molar refractivity (Wildman–Crippen MR) is 56.9 cm³/mol. The number of carboxylic acids is 1. The van der Waals surface area contributed by atoms with E-state index in [2.05, 4.69) is 9.72 Å². The first-order valence-corrected chi connectivity index (χ1v) is 4.57. The molecule has 1 aromatic heterocycles. The Bertz CT molecular complexity index is 426. The lowest BCUT2D eigenvalue weighted by atomic mass is 10.1. The van der Waals surface area contributed by atoms with Gasteiger partial charge in [-0.3, -0.25) is 4.79 Å². The van der Waals surface area contributed by atoms with Gasteiger partial charge in [0, 0.05) is 11.8 Å². The van der Waals surface area contributed by atoms with Crippen molar-refractivity contribution in [1.29, 1.82) is 0 Å². The van der Waals surface area contributed by atoms with Gasteiger partial charge in [-0.1, -0.05) is 18.2 Å². The third-order valence-corrected chi connectivity index (χ3v) is 1.81. The minimum atomic E-state index is -0.931. The SMILES string of the molecule is COC(=O)c1ncccc1C=CCC(=O)O. The molecule has 1 aromatic rings. The molecule has 0 aliphatic rings. The topological polar surface area (TPSA) is 76.5 Å². The molecule has 0 atom stereocenters. The Morgan fingerprint density at radius 1 is 1.56 bits per heavy atom. The molecule has 0 amide bonds. The van der Waals surface area contributed by atoms with Crippen LogP contribution >= 0.6 is 0 Å². The molecule has 1 N–H and O–H groups in total. The van der Waals surface area contributed by atoms with Crippen molar-refractivity contribution in [3.8, 4) is 0 Å². The maximum absolute atomic E-state index is 11.3. The Morgan fingerprint density at radius 2 is 2.31 bits per heavy atom. The van der Waals surface area contributed by atoms with Crippen molar-refractivity contribution in [2.75, 3.05) is 7.11 Å². The lowest BCUT2D eigenvalue weighted by Gasteiger charge is -2.01. The molecule has 84 valence electrons. The molecule has 0 aliphatic heterocycles. The van der Waals surface area contributed by atoms with Crippen LogP contribution in [0.1, 0.15) is 22.5 Å². The Labute approximate surface area is 92.4 Å².